The SMILES string of the molecule is CC=C(C)C(C)(CC(C)CC)C(=O)OC1CCC(C(C)(C)C)CC1C(C)(C)C. The Bertz CT molecular complexity index is 546. The molecule has 0 heterocycles. The average Bonchev–Trinajstić information content (AvgIpc) is 2.58. The monoisotopic (exact) mass is 392 g/mol. The van der Waals surface area contributed by atoms with Crippen molar-refractivity contribution in [3.63, 3.8) is 0 Å². The minimum Gasteiger partial charge on any atom is -0.461 e. The molecule has 28 heavy (non-hydrogen) atoms. The minimum absolute atomic E-state index is 0.0168. The number of ether oxygens (including phenoxy) is 1. The molecule has 5 atom stereocenters. The zero-order chi connectivity index (χ0) is 21.9. The normalized spacial score (nSPS) is 27.8. The van der Waals surface area contributed by atoms with Crippen LogP contribution in [0, 0.1) is 34.0 Å². The first kappa shape index (κ1) is 25.2. The molecule has 0 aromatic rings. The van der Waals surface area contributed by atoms with E-state index in [-0.39, 0.29) is 17.5 Å². The van der Waals surface area contributed by atoms with E-state index in [4.69, 9.17) is 4.74 Å². The fraction of sp³-hybridized carbons (Fsp3) is 0.885. The molecule has 0 aromatic carbocycles. The Morgan fingerprint density at radius 1 is 1.07 bits per heavy atom. The Hall–Kier alpha value is -0.790. The number of carbonyl (C=O) groups excluding carboxylic acids is 1. The highest BCUT2D eigenvalue weighted by Gasteiger charge is 2.45. The summed E-state index contributed by atoms with van der Waals surface area (Å²) in [6.45, 7) is 24.6. The molecule has 1 aliphatic rings. The number of hydrogen-bond donors (Lipinski definition) is 0. The summed E-state index contributed by atoms with van der Waals surface area (Å²) >= 11 is 0. The first-order valence-corrected chi connectivity index (χ1v) is 11.5. The molecule has 0 N–H and O–H groups in total. The minimum atomic E-state index is -0.520. The maximum Gasteiger partial charge on any atom is 0.316 e. The van der Waals surface area contributed by atoms with E-state index >= 15 is 0 Å². The fourth-order valence-electron chi connectivity index (χ4n) is 4.81. The van der Waals surface area contributed by atoms with Crippen LogP contribution in [-0.2, 0) is 9.53 Å². The van der Waals surface area contributed by atoms with Crippen molar-refractivity contribution in [3.8, 4) is 0 Å². The van der Waals surface area contributed by atoms with Gasteiger partial charge in [0.2, 0.25) is 0 Å². The summed E-state index contributed by atoms with van der Waals surface area (Å²) in [5, 5.41) is 0. The van der Waals surface area contributed by atoms with Gasteiger partial charge < -0.3 is 4.74 Å². The van der Waals surface area contributed by atoms with Gasteiger partial charge in [0.1, 0.15) is 6.10 Å². The molecule has 0 radical (unpaired) electrons. The van der Waals surface area contributed by atoms with Gasteiger partial charge in [0, 0.05) is 5.92 Å². The van der Waals surface area contributed by atoms with E-state index in [1.807, 2.05) is 6.92 Å². The van der Waals surface area contributed by atoms with Gasteiger partial charge in [-0.25, -0.2) is 0 Å². The predicted molar refractivity (Wildman–Crippen MR) is 121 cm³/mol. The number of carbonyl (C=O) groups is 1. The van der Waals surface area contributed by atoms with Crippen LogP contribution in [0.15, 0.2) is 11.6 Å². The highest BCUT2D eigenvalue weighted by Crippen LogP contribution is 2.48. The third kappa shape index (κ3) is 6.10. The van der Waals surface area contributed by atoms with Crippen molar-refractivity contribution in [2.45, 2.75) is 114 Å². The second-order valence-electron chi connectivity index (χ2n) is 11.8. The van der Waals surface area contributed by atoms with Gasteiger partial charge in [-0.3, -0.25) is 4.79 Å². The van der Waals surface area contributed by atoms with Crippen LogP contribution in [-0.4, -0.2) is 12.1 Å². The standard InChI is InChI=1S/C26H48O2/c1-12-18(3)17-26(11,19(4)13-2)23(27)28-22-15-14-20(24(5,6)7)16-21(22)25(8,9)10/h13,18,20-22H,12,14-17H2,1-11H3. The van der Waals surface area contributed by atoms with Crippen molar-refractivity contribution < 1.29 is 9.53 Å². The second-order valence-corrected chi connectivity index (χ2v) is 11.8. The molecule has 0 amide bonds. The molecule has 1 fully saturated rings. The van der Waals surface area contributed by atoms with Gasteiger partial charge >= 0.3 is 5.97 Å². The predicted octanol–water partition coefficient (Wildman–Crippen LogP) is 7.82. The first-order valence-electron chi connectivity index (χ1n) is 11.5. The molecule has 0 aromatic heterocycles. The number of esters is 1. The van der Waals surface area contributed by atoms with Crippen LogP contribution in [0.4, 0.5) is 0 Å². The molecule has 0 aliphatic heterocycles. The summed E-state index contributed by atoms with van der Waals surface area (Å²) in [7, 11) is 0. The highest BCUT2D eigenvalue weighted by atomic mass is 16.5. The lowest BCUT2D eigenvalue weighted by molar-refractivity contribution is -0.169. The van der Waals surface area contributed by atoms with Crippen molar-refractivity contribution in [1.82, 2.24) is 0 Å². The van der Waals surface area contributed by atoms with Crippen LogP contribution in [0.2, 0.25) is 0 Å². The third-order valence-corrected chi connectivity index (χ3v) is 7.59. The summed E-state index contributed by atoms with van der Waals surface area (Å²) in [4.78, 5) is 13.5. The van der Waals surface area contributed by atoms with E-state index in [0.29, 0.717) is 23.2 Å². The number of allylic oxidation sites excluding steroid dienone is 1. The molecule has 1 rings (SSSR count). The van der Waals surface area contributed by atoms with Crippen LogP contribution in [0.25, 0.3) is 0 Å². The fourth-order valence-corrected chi connectivity index (χ4v) is 4.81. The lowest BCUT2D eigenvalue weighted by Crippen LogP contribution is -2.45. The van der Waals surface area contributed by atoms with E-state index < -0.39 is 5.41 Å². The molecule has 2 nitrogen and oxygen atoms in total. The average molecular weight is 393 g/mol. The Kier molecular flexibility index (Phi) is 8.43. The van der Waals surface area contributed by atoms with Crippen molar-refractivity contribution >= 4 is 5.97 Å². The smallest absolute Gasteiger partial charge is 0.316 e. The molecule has 0 saturated heterocycles. The molecule has 1 saturated carbocycles. The molecule has 1 aliphatic carbocycles. The largest absolute Gasteiger partial charge is 0.461 e. The lowest BCUT2D eigenvalue weighted by atomic mass is 9.62. The molecule has 0 spiro atoms. The maximum atomic E-state index is 13.5. The van der Waals surface area contributed by atoms with Crippen molar-refractivity contribution in [2.75, 3.05) is 0 Å². The molecule has 2 heteroatoms. The Morgan fingerprint density at radius 3 is 2.07 bits per heavy atom. The van der Waals surface area contributed by atoms with Gasteiger partial charge in [0.25, 0.3) is 0 Å². The molecule has 0 bridgehead atoms. The first-order chi connectivity index (χ1) is 12.7. The third-order valence-electron chi connectivity index (χ3n) is 7.59. The van der Waals surface area contributed by atoms with E-state index in [1.165, 1.54) is 0 Å². The topological polar surface area (TPSA) is 26.3 Å². The quantitative estimate of drug-likeness (QED) is 0.340. The van der Waals surface area contributed by atoms with Crippen LogP contribution in [0.5, 0.6) is 0 Å². The van der Waals surface area contributed by atoms with Crippen LogP contribution in [0.1, 0.15) is 108 Å². The van der Waals surface area contributed by atoms with Crippen molar-refractivity contribution in [3.05, 3.63) is 11.6 Å². The molecule has 164 valence electrons. The van der Waals surface area contributed by atoms with Crippen LogP contribution in [0.3, 0.4) is 0 Å². The van der Waals surface area contributed by atoms with E-state index in [9.17, 15) is 4.79 Å². The number of rotatable bonds is 6. The second kappa shape index (κ2) is 9.35. The zero-order valence-corrected chi connectivity index (χ0v) is 20.7. The van der Waals surface area contributed by atoms with Gasteiger partial charge in [0.15, 0.2) is 0 Å². The van der Waals surface area contributed by atoms with Gasteiger partial charge in [-0.15, -0.1) is 0 Å². The van der Waals surface area contributed by atoms with Crippen molar-refractivity contribution in [1.29, 1.82) is 0 Å². The van der Waals surface area contributed by atoms with Crippen molar-refractivity contribution in [2.24, 2.45) is 34.0 Å². The summed E-state index contributed by atoms with van der Waals surface area (Å²) in [6, 6.07) is 0. The van der Waals surface area contributed by atoms with E-state index in [0.717, 1.165) is 37.7 Å². The lowest BCUT2D eigenvalue weighted by Gasteiger charge is -2.47. The summed E-state index contributed by atoms with van der Waals surface area (Å²) in [5.74, 6) is 1.59. The Labute approximate surface area is 175 Å². The summed E-state index contributed by atoms with van der Waals surface area (Å²) in [5.41, 5.74) is 1.06. The Morgan fingerprint density at radius 2 is 1.64 bits per heavy atom. The maximum absolute atomic E-state index is 13.5. The van der Waals surface area contributed by atoms with E-state index in [1.54, 1.807) is 0 Å². The van der Waals surface area contributed by atoms with Crippen LogP contribution < -0.4 is 0 Å². The Balaban J connectivity index is 3.09. The van der Waals surface area contributed by atoms with E-state index in [2.05, 4.69) is 75.3 Å². The molecular formula is C26H48O2. The summed E-state index contributed by atoms with van der Waals surface area (Å²) in [6.07, 6.45) is 7.35. The molecule has 5 unspecified atom stereocenters. The number of hydrogen-bond acceptors (Lipinski definition) is 2. The van der Waals surface area contributed by atoms with Crippen LogP contribution >= 0.6 is 0 Å². The van der Waals surface area contributed by atoms with Gasteiger partial charge in [0.05, 0.1) is 5.41 Å². The summed E-state index contributed by atoms with van der Waals surface area (Å²) < 4.78 is 6.35. The van der Waals surface area contributed by atoms with Gasteiger partial charge in [-0.1, -0.05) is 73.5 Å². The molecular weight excluding hydrogens is 344 g/mol. The highest BCUT2D eigenvalue weighted by molar-refractivity contribution is 5.80. The zero-order valence-electron chi connectivity index (χ0n) is 20.7. The van der Waals surface area contributed by atoms with Gasteiger partial charge in [-0.2, -0.15) is 0 Å². The van der Waals surface area contributed by atoms with Gasteiger partial charge in [-0.05, 0) is 69.1 Å².